The Balaban J connectivity index is 1.59. The molecule has 0 bridgehead atoms. The minimum atomic E-state index is 1.13. The van der Waals surface area contributed by atoms with Crippen LogP contribution in [0.4, 0.5) is 0 Å². The van der Waals surface area contributed by atoms with E-state index in [0.29, 0.717) is 0 Å². The van der Waals surface area contributed by atoms with Crippen LogP contribution in [0.1, 0.15) is 32.1 Å². The molecule has 0 aromatic heterocycles. The number of rotatable bonds is 3. The van der Waals surface area contributed by atoms with E-state index < -0.39 is 0 Å². The van der Waals surface area contributed by atoms with E-state index in [2.05, 4.69) is 4.90 Å². The summed E-state index contributed by atoms with van der Waals surface area (Å²) in [6.45, 7) is 4.16. The molecule has 0 amide bonds. The molecule has 1 aliphatic heterocycles. The average Bonchev–Trinajstić information content (AvgIpc) is 2.63. The third kappa shape index (κ3) is 1.72. The standard InChI is InChI=1S/C9H17N/c1-2-7-10(6-1)8-5-9-3-4-9/h9H,1-8H2. The summed E-state index contributed by atoms with van der Waals surface area (Å²) in [5, 5.41) is 0. The summed E-state index contributed by atoms with van der Waals surface area (Å²) in [7, 11) is 0. The van der Waals surface area contributed by atoms with E-state index in [1.54, 1.807) is 0 Å². The van der Waals surface area contributed by atoms with Gasteiger partial charge in [0.25, 0.3) is 0 Å². The molecule has 0 radical (unpaired) electrons. The van der Waals surface area contributed by atoms with Gasteiger partial charge in [-0.15, -0.1) is 0 Å². The van der Waals surface area contributed by atoms with Crippen molar-refractivity contribution in [2.45, 2.75) is 32.1 Å². The normalized spacial score (nSPS) is 27.6. The van der Waals surface area contributed by atoms with Crippen LogP contribution in [0, 0.1) is 5.92 Å². The van der Waals surface area contributed by atoms with E-state index in [0.717, 1.165) is 5.92 Å². The number of hydrogen-bond donors (Lipinski definition) is 0. The highest BCUT2D eigenvalue weighted by Gasteiger charge is 2.22. The Morgan fingerprint density at radius 3 is 2.40 bits per heavy atom. The van der Waals surface area contributed by atoms with Crippen molar-refractivity contribution in [1.82, 2.24) is 4.90 Å². The first kappa shape index (κ1) is 6.66. The minimum absolute atomic E-state index is 1.13. The first-order valence-electron chi connectivity index (χ1n) is 4.67. The van der Waals surface area contributed by atoms with Crippen LogP contribution in [0.3, 0.4) is 0 Å². The predicted octanol–water partition coefficient (Wildman–Crippen LogP) is 1.88. The van der Waals surface area contributed by atoms with Gasteiger partial charge in [0.05, 0.1) is 0 Å². The highest BCUT2D eigenvalue weighted by atomic mass is 15.1. The van der Waals surface area contributed by atoms with E-state index in [9.17, 15) is 0 Å². The van der Waals surface area contributed by atoms with E-state index in [4.69, 9.17) is 0 Å². The van der Waals surface area contributed by atoms with Gasteiger partial charge in [0.2, 0.25) is 0 Å². The summed E-state index contributed by atoms with van der Waals surface area (Å²) in [4.78, 5) is 2.62. The summed E-state index contributed by atoms with van der Waals surface area (Å²) in [6, 6.07) is 0. The molecule has 0 atom stereocenters. The predicted molar refractivity (Wildman–Crippen MR) is 43.0 cm³/mol. The van der Waals surface area contributed by atoms with Crippen LogP contribution in [-0.4, -0.2) is 24.5 Å². The molecule has 1 saturated heterocycles. The summed E-state index contributed by atoms with van der Waals surface area (Å²) in [5.74, 6) is 1.13. The van der Waals surface area contributed by atoms with Gasteiger partial charge < -0.3 is 4.90 Å². The van der Waals surface area contributed by atoms with E-state index >= 15 is 0 Å². The molecular formula is C9H17N. The Kier molecular flexibility index (Phi) is 1.94. The van der Waals surface area contributed by atoms with Crippen molar-refractivity contribution in [3.05, 3.63) is 0 Å². The molecule has 2 aliphatic rings. The van der Waals surface area contributed by atoms with Gasteiger partial charge in [-0.1, -0.05) is 12.8 Å². The number of hydrogen-bond acceptors (Lipinski definition) is 1. The highest BCUT2D eigenvalue weighted by Crippen LogP contribution is 2.32. The van der Waals surface area contributed by atoms with Gasteiger partial charge in [0.1, 0.15) is 0 Å². The van der Waals surface area contributed by atoms with E-state index in [-0.39, 0.29) is 0 Å². The van der Waals surface area contributed by atoms with Gasteiger partial charge >= 0.3 is 0 Å². The maximum atomic E-state index is 2.62. The maximum Gasteiger partial charge on any atom is -0.00161 e. The van der Waals surface area contributed by atoms with E-state index in [1.807, 2.05) is 0 Å². The van der Waals surface area contributed by atoms with Crippen LogP contribution in [0.2, 0.25) is 0 Å². The molecule has 0 spiro atoms. The number of nitrogens with zero attached hydrogens (tertiary/aromatic N) is 1. The fourth-order valence-electron chi connectivity index (χ4n) is 1.78. The van der Waals surface area contributed by atoms with Crippen molar-refractivity contribution >= 4 is 0 Å². The average molecular weight is 139 g/mol. The van der Waals surface area contributed by atoms with Crippen molar-refractivity contribution < 1.29 is 0 Å². The second kappa shape index (κ2) is 2.91. The lowest BCUT2D eigenvalue weighted by Crippen LogP contribution is -2.20. The summed E-state index contributed by atoms with van der Waals surface area (Å²) < 4.78 is 0. The zero-order chi connectivity index (χ0) is 6.81. The van der Waals surface area contributed by atoms with Gasteiger partial charge in [0.15, 0.2) is 0 Å². The lowest BCUT2D eigenvalue weighted by Gasteiger charge is -2.12. The van der Waals surface area contributed by atoms with Gasteiger partial charge in [-0.25, -0.2) is 0 Å². The number of likely N-dealkylation sites (tertiary alicyclic amines) is 1. The lowest BCUT2D eigenvalue weighted by molar-refractivity contribution is 0.326. The molecule has 1 heteroatoms. The Bertz CT molecular complexity index is 101. The van der Waals surface area contributed by atoms with Crippen LogP contribution in [0.5, 0.6) is 0 Å². The Morgan fingerprint density at radius 1 is 1.10 bits per heavy atom. The largest absolute Gasteiger partial charge is 0.303 e. The smallest absolute Gasteiger partial charge is 0.00161 e. The minimum Gasteiger partial charge on any atom is -0.303 e. The first-order chi connectivity index (χ1) is 4.95. The van der Waals surface area contributed by atoms with Crippen LogP contribution in [0.15, 0.2) is 0 Å². The third-order valence-corrected chi connectivity index (χ3v) is 2.75. The topological polar surface area (TPSA) is 3.24 Å². The van der Waals surface area contributed by atoms with Crippen LogP contribution in [-0.2, 0) is 0 Å². The summed E-state index contributed by atoms with van der Waals surface area (Å²) in [6.07, 6.45) is 7.43. The molecular weight excluding hydrogens is 122 g/mol. The molecule has 0 aromatic rings. The highest BCUT2D eigenvalue weighted by molar-refractivity contribution is 4.76. The Hall–Kier alpha value is -0.0400. The molecule has 0 aromatic carbocycles. The van der Waals surface area contributed by atoms with Gasteiger partial charge in [-0.3, -0.25) is 0 Å². The third-order valence-electron chi connectivity index (χ3n) is 2.75. The maximum absolute atomic E-state index is 2.62. The first-order valence-corrected chi connectivity index (χ1v) is 4.67. The molecule has 10 heavy (non-hydrogen) atoms. The summed E-state index contributed by atoms with van der Waals surface area (Å²) >= 11 is 0. The second-order valence-electron chi connectivity index (χ2n) is 3.78. The molecule has 1 aliphatic carbocycles. The fraction of sp³-hybridized carbons (Fsp3) is 1.00. The monoisotopic (exact) mass is 139 g/mol. The molecule has 1 saturated carbocycles. The molecule has 2 fully saturated rings. The van der Waals surface area contributed by atoms with Crippen molar-refractivity contribution in [2.75, 3.05) is 19.6 Å². The molecule has 0 N–H and O–H groups in total. The van der Waals surface area contributed by atoms with Crippen molar-refractivity contribution in [1.29, 1.82) is 0 Å². The molecule has 1 heterocycles. The van der Waals surface area contributed by atoms with E-state index in [1.165, 1.54) is 51.7 Å². The van der Waals surface area contributed by atoms with Crippen LogP contribution in [0.25, 0.3) is 0 Å². The van der Waals surface area contributed by atoms with Crippen molar-refractivity contribution in [3.63, 3.8) is 0 Å². The van der Waals surface area contributed by atoms with Gasteiger partial charge in [-0.2, -0.15) is 0 Å². The quantitative estimate of drug-likeness (QED) is 0.577. The Morgan fingerprint density at radius 2 is 1.80 bits per heavy atom. The van der Waals surface area contributed by atoms with Crippen molar-refractivity contribution in [3.8, 4) is 0 Å². The summed E-state index contributed by atoms with van der Waals surface area (Å²) in [5.41, 5.74) is 0. The lowest BCUT2D eigenvalue weighted by atomic mass is 10.3. The zero-order valence-corrected chi connectivity index (χ0v) is 6.68. The Labute approximate surface area is 63.4 Å². The molecule has 58 valence electrons. The van der Waals surface area contributed by atoms with Crippen LogP contribution < -0.4 is 0 Å². The SMILES string of the molecule is C1CCN(CCC2CC2)C1. The molecule has 0 unspecified atom stereocenters. The van der Waals surface area contributed by atoms with Gasteiger partial charge in [0, 0.05) is 0 Å². The van der Waals surface area contributed by atoms with Gasteiger partial charge in [-0.05, 0) is 44.8 Å². The zero-order valence-electron chi connectivity index (χ0n) is 6.68. The molecule has 2 rings (SSSR count). The van der Waals surface area contributed by atoms with Crippen molar-refractivity contribution in [2.24, 2.45) is 5.92 Å². The second-order valence-corrected chi connectivity index (χ2v) is 3.78. The fourth-order valence-corrected chi connectivity index (χ4v) is 1.78. The van der Waals surface area contributed by atoms with Crippen LogP contribution >= 0.6 is 0 Å². The molecule has 1 nitrogen and oxygen atoms in total.